The van der Waals surface area contributed by atoms with Crippen LogP contribution in [-0.4, -0.2) is 36.0 Å². The minimum absolute atomic E-state index is 0.0769. The lowest BCUT2D eigenvalue weighted by Crippen LogP contribution is -2.17. The largest absolute Gasteiger partial charge is 0.481 e. The van der Waals surface area contributed by atoms with Gasteiger partial charge in [-0.25, -0.2) is 9.48 Å². The first-order chi connectivity index (χ1) is 14.1. The molecule has 0 aliphatic carbocycles. The van der Waals surface area contributed by atoms with E-state index in [9.17, 15) is 4.79 Å². The molecule has 0 atom stereocenters. The number of para-hydroxylation sites is 1. The zero-order valence-corrected chi connectivity index (χ0v) is 17.1. The Morgan fingerprint density at radius 3 is 2.52 bits per heavy atom. The van der Waals surface area contributed by atoms with Gasteiger partial charge in [0.15, 0.2) is 6.61 Å². The molecule has 0 bridgehead atoms. The van der Waals surface area contributed by atoms with Gasteiger partial charge in [-0.3, -0.25) is 0 Å². The van der Waals surface area contributed by atoms with Crippen molar-refractivity contribution in [3.8, 4) is 11.4 Å². The summed E-state index contributed by atoms with van der Waals surface area (Å²) in [7, 11) is 1.35. The molecular formula is C23H27N3O3. The van der Waals surface area contributed by atoms with Crippen molar-refractivity contribution >= 4 is 5.97 Å². The molecule has 0 fully saturated rings. The molecule has 0 aliphatic rings. The van der Waals surface area contributed by atoms with Gasteiger partial charge in [0.05, 0.1) is 19.0 Å². The molecule has 29 heavy (non-hydrogen) atoms. The average Bonchev–Trinajstić information content (AvgIpc) is 3.20. The maximum absolute atomic E-state index is 11.3. The molecule has 0 aliphatic heterocycles. The van der Waals surface area contributed by atoms with Crippen LogP contribution in [0, 0.1) is 13.8 Å². The second-order valence-corrected chi connectivity index (χ2v) is 6.98. The minimum Gasteiger partial charge on any atom is -0.481 e. The van der Waals surface area contributed by atoms with Gasteiger partial charge in [0.1, 0.15) is 5.75 Å². The lowest BCUT2D eigenvalue weighted by Gasteiger charge is -2.14. The van der Waals surface area contributed by atoms with Crippen molar-refractivity contribution in [2.45, 2.75) is 26.8 Å². The van der Waals surface area contributed by atoms with Crippen LogP contribution in [0.15, 0.2) is 54.9 Å². The average molecular weight is 393 g/mol. The number of hydrogen-bond acceptors (Lipinski definition) is 5. The molecular weight excluding hydrogens is 366 g/mol. The van der Waals surface area contributed by atoms with Crippen LogP contribution in [0.4, 0.5) is 0 Å². The van der Waals surface area contributed by atoms with Crippen LogP contribution < -0.4 is 10.1 Å². The summed E-state index contributed by atoms with van der Waals surface area (Å²) < 4.78 is 12.1. The third-order valence-corrected chi connectivity index (χ3v) is 4.66. The van der Waals surface area contributed by atoms with Crippen molar-refractivity contribution in [2.75, 3.05) is 20.3 Å². The number of methoxy groups -OCH3 is 1. The third-order valence-electron chi connectivity index (χ3n) is 4.66. The van der Waals surface area contributed by atoms with E-state index < -0.39 is 0 Å². The van der Waals surface area contributed by atoms with Crippen LogP contribution in [0.5, 0.6) is 5.75 Å². The van der Waals surface area contributed by atoms with Crippen LogP contribution >= 0.6 is 0 Å². The summed E-state index contributed by atoms with van der Waals surface area (Å²) in [5.41, 5.74) is 5.46. The molecule has 0 amide bonds. The quantitative estimate of drug-likeness (QED) is 0.446. The molecule has 1 aromatic heterocycles. The summed E-state index contributed by atoms with van der Waals surface area (Å²) in [6.45, 7) is 5.53. The van der Waals surface area contributed by atoms with Crippen LogP contribution in [0.3, 0.4) is 0 Å². The zero-order chi connectivity index (χ0) is 20.6. The highest BCUT2D eigenvalue weighted by atomic mass is 16.6. The maximum Gasteiger partial charge on any atom is 0.343 e. The van der Waals surface area contributed by atoms with Gasteiger partial charge in [-0.15, -0.1) is 0 Å². The lowest BCUT2D eigenvalue weighted by atomic mass is 10.1. The summed E-state index contributed by atoms with van der Waals surface area (Å²) in [5, 5.41) is 7.91. The number of rotatable bonds is 9. The highest BCUT2D eigenvalue weighted by Gasteiger charge is 2.09. The van der Waals surface area contributed by atoms with Crippen molar-refractivity contribution < 1.29 is 14.3 Å². The van der Waals surface area contributed by atoms with E-state index in [1.54, 1.807) is 0 Å². The first-order valence-corrected chi connectivity index (χ1v) is 9.66. The number of benzene rings is 2. The van der Waals surface area contributed by atoms with E-state index in [1.807, 2.05) is 55.1 Å². The molecule has 6 nitrogen and oxygen atoms in total. The predicted octanol–water partition coefficient (Wildman–Crippen LogP) is 3.37. The fraction of sp³-hybridized carbons (Fsp3) is 0.304. The van der Waals surface area contributed by atoms with Crippen LogP contribution in [0.2, 0.25) is 0 Å². The summed E-state index contributed by atoms with van der Waals surface area (Å²) in [4.78, 5) is 11.3. The Balaban J connectivity index is 1.49. The lowest BCUT2D eigenvalue weighted by molar-refractivity contribution is -0.142. The summed E-state index contributed by atoms with van der Waals surface area (Å²) in [6.07, 6.45) is 4.89. The zero-order valence-electron chi connectivity index (χ0n) is 17.1. The van der Waals surface area contributed by atoms with Crippen molar-refractivity contribution in [3.63, 3.8) is 0 Å². The Kier molecular flexibility index (Phi) is 7.03. The summed E-state index contributed by atoms with van der Waals surface area (Å²) >= 11 is 0. The molecule has 0 unspecified atom stereocenters. The van der Waals surface area contributed by atoms with Crippen molar-refractivity contribution in [2.24, 2.45) is 0 Å². The van der Waals surface area contributed by atoms with Gasteiger partial charge in [-0.2, -0.15) is 5.10 Å². The third kappa shape index (κ3) is 5.68. The van der Waals surface area contributed by atoms with Crippen LogP contribution in [0.25, 0.3) is 5.69 Å². The number of esters is 1. The van der Waals surface area contributed by atoms with Crippen LogP contribution in [0.1, 0.15) is 22.3 Å². The molecule has 3 rings (SSSR count). The van der Waals surface area contributed by atoms with Crippen molar-refractivity contribution in [1.29, 1.82) is 0 Å². The summed E-state index contributed by atoms with van der Waals surface area (Å²) in [5.74, 6) is 0.359. The molecule has 0 saturated heterocycles. The highest BCUT2D eigenvalue weighted by Crippen LogP contribution is 2.25. The number of nitrogens with zero attached hydrogens (tertiary/aromatic N) is 2. The van der Waals surface area contributed by atoms with Gasteiger partial charge in [0.2, 0.25) is 0 Å². The predicted molar refractivity (Wildman–Crippen MR) is 112 cm³/mol. The number of carbonyl (C=O) groups is 1. The maximum atomic E-state index is 11.3. The number of aromatic nitrogens is 2. The normalized spacial score (nSPS) is 10.7. The standard InChI is InChI=1S/C23H27N3O3/c1-17-11-20(12-18(2)23(17)29-16-22(27)28-3)13-24-10-9-19-14-25-26(15-19)21-7-5-4-6-8-21/h4-8,11-12,14-15,24H,9-10,13,16H2,1-3H3. The van der Waals surface area contributed by atoms with E-state index in [2.05, 4.69) is 33.5 Å². The molecule has 3 aromatic rings. The fourth-order valence-corrected chi connectivity index (χ4v) is 3.24. The Hall–Kier alpha value is -3.12. The summed E-state index contributed by atoms with van der Waals surface area (Å²) in [6, 6.07) is 14.3. The Labute approximate surface area is 171 Å². The molecule has 0 saturated carbocycles. The van der Waals surface area contributed by atoms with E-state index in [-0.39, 0.29) is 12.6 Å². The topological polar surface area (TPSA) is 65.4 Å². The van der Waals surface area contributed by atoms with Crippen molar-refractivity contribution in [3.05, 3.63) is 77.1 Å². The van der Waals surface area contributed by atoms with Gasteiger partial charge >= 0.3 is 5.97 Å². The van der Waals surface area contributed by atoms with E-state index >= 15 is 0 Å². The number of nitrogens with one attached hydrogen (secondary N) is 1. The molecule has 0 radical (unpaired) electrons. The Morgan fingerprint density at radius 1 is 1.10 bits per heavy atom. The van der Waals surface area contributed by atoms with Crippen LogP contribution in [-0.2, 0) is 22.5 Å². The molecule has 2 aromatic carbocycles. The first kappa shape index (κ1) is 20.6. The Bertz CT molecular complexity index is 928. The van der Waals surface area contributed by atoms with E-state index in [1.165, 1.54) is 18.2 Å². The van der Waals surface area contributed by atoms with Gasteiger partial charge in [0, 0.05) is 12.7 Å². The minimum atomic E-state index is -0.384. The number of ether oxygens (including phenoxy) is 2. The molecule has 6 heteroatoms. The van der Waals surface area contributed by atoms with E-state index in [4.69, 9.17) is 4.74 Å². The van der Waals surface area contributed by atoms with E-state index in [0.29, 0.717) is 0 Å². The van der Waals surface area contributed by atoms with Gasteiger partial charge in [-0.05, 0) is 61.2 Å². The van der Waals surface area contributed by atoms with Gasteiger partial charge < -0.3 is 14.8 Å². The Morgan fingerprint density at radius 2 is 1.83 bits per heavy atom. The number of aryl methyl sites for hydroxylation is 2. The second-order valence-electron chi connectivity index (χ2n) is 6.98. The molecule has 1 heterocycles. The fourth-order valence-electron chi connectivity index (χ4n) is 3.24. The molecule has 152 valence electrons. The molecule has 1 N–H and O–H groups in total. The first-order valence-electron chi connectivity index (χ1n) is 9.66. The van der Waals surface area contributed by atoms with E-state index in [0.717, 1.165) is 42.1 Å². The monoisotopic (exact) mass is 393 g/mol. The number of carbonyl (C=O) groups excluding carboxylic acids is 1. The smallest absolute Gasteiger partial charge is 0.343 e. The van der Waals surface area contributed by atoms with Gasteiger partial charge in [-0.1, -0.05) is 30.3 Å². The highest BCUT2D eigenvalue weighted by molar-refractivity contribution is 5.71. The number of hydrogen-bond donors (Lipinski definition) is 1. The van der Waals surface area contributed by atoms with Gasteiger partial charge in [0.25, 0.3) is 0 Å². The SMILES string of the molecule is COC(=O)COc1c(C)cc(CNCCc2cnn(-c3ccccc3)c2)cc1C. The molecule has 0 spiro atoms. The van der Waals surface area contributed by atoms with Crippen molar-refractivity contribution in [1.82, 2.24) is 15.1 Å². The second kappa shape index (κ2) is 9.89.